The zero-order valence-electron chi connectivity index (χ0n) is 16.2. The third kappa shape index (κ3) is 7.87. The van der Waals surface area contributed by atoms with Gasteiger partial charge in [-0.25, -0.2) is 4.99 Å². The monoisotopic (exact) mass is 360 g/mol. The van der Waals surface area contributed by atoms with Gasteiger partial charge in [0.05, 0.1) is 19.3 Å². The second kappa shape index (κ2) is 10.8. The molecule has 0 unspecified atom stereocenters. The fraction of sp³-hybridized carbons (Fsp3) is 0.600. The molecule has 1 aliphatic rings. The smallest absolute Gasteiger partial charge is 0.223 e. The molecule has 1 saturated carbocycles. The molecule has 1 aromatic carbocycles. The van der Waals surface area contributed by atoms with E-state index in [4.69, 9.17) is 4.74 Å². The van der Waals surface area contributed by atoms with E-state index in [1.807, 2.05) is 26.8 Å². The lowest BCUT2D eigenvalue weighted by Gasteiger charge is -2.12. The fourth-order valence-electron chi connectivity index (χ4n) is 2.45. The van der Waals surface area contributed by atoms with E-state index in [0.717, 1.165) is 36.5 Å². The van der Waals surface area contributed by atoms with Gasteiger partial charge in [-0.15, -0.1) is 0 Å². The summed E-state index contributed by atoms with van der Waals surface area (Å²) in [7, 11) is 0. The van der Waals surface area contributed by atoms with Gasteiger partial charge in [0.1, 0.15) is 0 Å². The highest BCUT2D eigenvalue weighted by molar-refractivity contribution is 5.81. The van der Waals surface area contributed by atoms with Gasteiger partial charge in [-0.2, -0.15) is 0 Å². The Morgan fingerprint density at radius 1 is 1.19 bits per heavy atom. The summed E-state index contributed by atoms with van der Waals surface area (Å²) >= 11 is 0. The van der Waals surface area contributed by atoms with Crippen molar-refractivity contribution in [2.75, 3.05) is 19.6 Å². The van der Waals surface area contributed by atoms with Gasteiger partial charge in [-0.1, -0.05) is 24.3 Å². The van der Waals surface area contributed by atoms with Crippen molar-refractivity contribution in [2.45, 2.75) is 52.9 Å². The predicted octanol–water partition coefficient (Wildman–Crippen LogP) is 2.19. The highest BCUT2D eigenvalue weighted by Gasteiger charge is 2.28. The summed E-state index contributed by atoms with van der Waals surface area (Å²) in [5.74, 6) is 1.19. The van der Waals surface area contributed by atoms with Crippen molar-refractivity contribution in [3.05, 3.63) is 35.4 Å². The molecule has 0 radical (unpaired) electrons. The van der Waals surface area contributed by atoms with E-state index in [1.165, 1.54) is 0 Å². The number of hydrogen-bond donors (Lipinski definition) is 3. The third-order valence-electron chi connectivity index (χ3n) is 4.00. The summed E-state index contributed by atoms with van der Waals surface area (Å²) in [5, 5.41) is 9.44. The molecule has 3 N–H and O–H groups in total. The van der Waals surface area contributed by atoms with Crippen LogP contribution < -0.4 is 16.0 Å². The van der Waals surface area contributed by atoms with Gasteiger partial charge in [-0.05, 0) is 44.7 Å². The minimum atomic E-state index is 0.175. The molecule has 26 heavy (non-hydrogen) atoms. The normalized spacial score (nSPS) is 14.4. The van der Waals surface area contributed by atoms with Gasteiger partial charge >= 0.3 is 0 Å². The number of aliphatic imine (C=N–C) groups is 1. The van der Waals surface area contributed by atoms with Crippen molar-refractivity contribution in [1.29, 1.82) is 0 Å². The molecule has 6 nitrogen and oxygen atoms in total. The molecule has 1 aromatic rings. The number of hydrogen-bond acceptors (Lipinski definition) is 3. The van der Waals surface area contributed by atoms with Crippen molar-refractivity contribution < 1.29 is 9.53 Å². The van der Waals surface area contributed by atoms with Crippen LogP contribution in [-0.4, -0.2) is 37.6 Å². The van der Waals surface area contributed by atoms with Crippen LogP contribution in [0.15, 0.2) is 29.3 Å². The number of ether oxygens (including phenoxy) is 1. The standard InChI is InChI=1S/C20H32N4O2/c1-4-21-20(23-11-10-22-19(25)18-8-9-18)24-13-16-6-5-7-17(12-16)14-26-15(2)3/h5-7,12,15,18H,4,8-11,13-14H2,1-3H3,(H,22,25)(H2,21,23,24). The van der Waals surface area contributed by atoms with Crippen molar-refractivity contribution in [3.8, 4) is 0 Å². The summed E-state index contributed by atoms with van der Waals surface area (Å²) in [6, 6.07) is 8.31. The number of benzene rings is 1. The molecule has 0 aliphatic heterocycles. The topological polar surface area (TPSA) is 74.8 Å². The van der Waals surface area contributed by atoms with E-state index >= 15 is 0 Å². The summed E-state index contributed by atoms with van der Waals surface area (Å²) in [4.78, 5) is 16.2. The van der Waals surface area contributed by atoms with Crippen LogP contribution in [0.3, 0.4) is 0 Å². The van der Waals surface area contributed by atoms with Crippen LogP contribution >= 0.6 is 0 Å². The average molecular weight is 361 g/mol. The lowest BCUT2D eigenvalue weighted by molar-refractivity contribution is -0.122. The Labute approximate surface area is 156 Å². The molecular formula is C20H32N4O2. The highest BCUT2D eigenvalue weighted by atomic mass is 16.5. The van der Waals surface area contributed by atoms with Crippen molar-refractivity contribution >= 4 is 11.9 Å². The minimum Gasteiger partial charge on any atom is -0.374 e. The van der Waals surface area contributed by atoms with Gasteiger partial charge in [0.15, 0.2) is 5.96 Å². The molecule has 0 bridgehead atoms. The first-order chi connectivity index (χ1) is 12.6. The van der Waals surface area contributed by atoms with Gasteiger partial charge in [0.25, 0.3) is 0 Å². The molecular weight excluding hydrogens is 328 g/mol. The number of nitrogens with one attached hydrogen (secondary N) is 3. The van der Waals surface area contributed by atoms with E-state index in [0.29, 0.717) is 26.2 Å². The minimum absolute atomic E-state index is 0.175. The van der Waals surface area contributed by atoms with Crippen LogP contribution in [0, 0.1) is 5.92 Å². The number of carbonyl (C=O) groups excluding carboxylic acids is 1. The molecule has 1 fully saturated rings. The fourth-order valence-corrected chi connectivity index (χ4v) is 2.45. The molecule has 1 amide bonds. The Morgan fingerprint density at radius 2 is 1.92 bits per heavy atom. The first-order valence-corrected chi connectivity index (χ1v) is 9.57. The zero-order valence-corrected chi connectivity index (χ0v) is 16.2. The van der Waals surface area contributed by atoms with Crippen LogP contribution in [0.25, 0.3) is 0 Å². The molecule has 0 atom stereocenters. The van der Waals surface area contributed by atoms with Crippen LogP contribution in [0.2, 0.25) is 0 Å². The Kier molecular flexibility index (Phi) is 8.41. The van der Waals surface area contributed by atoms with Crippen LogP contribution in [-0.2, 0) is 22.7 Å². The first-order valence-electron chi connectivity index (χ1n) is 9.57. The lowest BCUT2D eigenvalue weighted by atomic mass is 10.1. The highest BCUT2D eigenvalue weighted by Crippen LogP contribution is 2.28. The second-order valence-corrected chi connectivity index (χ2v) is 6.87. The zero-order chi connectivity index (χ0) is 18.8. The molecule has 0 saturated heterocycles. The van der Waals surface area contributed by atoms with Gasteiger partial charge in [0, 0.05) is 25.6 Å². The summed E-state index contributed by atoms with van der Waals surface area (Å²) in [5.41, 5.74) is 2.31. The molecule has 0 aromatic heterocycles. The van der Waals surface area contributed by atoms with Gasteiger partial charge in [-0.3, -0.25) is 4.79 Å². The van der Waals surface area contributed by atoms with E-state index in [1.54, 1.807) is 0 Å². The molecule has 0 spiro atoms. The van der Waals surface area contributed by atoms with E-state index < -0.39 is 0 Å². The summed E-state index contributed by atoms with van der Waals surface area (Å²) < 4.78 is 5.66. The lowest BCUT2D eigenvalue weighted by Crippen LogP contribution is -2.41. The van der Waals surface area contributed by atoms with Gasteiger partial charge in [0.2, 0.25) is 5.91 Å². The number of nitrogens with zero attached hydrogens (tertiary/aromatic N) is 1. The van der Waals surface area contributed by atoms with Crippen molar-refractivity contribution in [3.63, 3.8) is 0 Å². The summed E-state index contributed by atoms with van der Waals surface area (Å²) in [6.07, 6.45) is 2.29. The van der Waals surface area contributed by atoms with Crippen LogP contribution in [0.4, 0.5) is 0 Å². The second-order valence-electron chi connectivity index (χ2n) is 6.87. The van der Waals surface area contributed by atoms with E-state index in [9.17, 15) is 4.79 Å². The SMILES string of the molecule is CCNC(=NCc1cccc(COC(C)C)c1)NCCNC(=O)C1CC1. The van der Waals surface area contributed by atoms with E-state index in [2.05, 4.69) is 39.1 Å². The molecule has 144 valence electrons. The van der Waals surface area contributed by atoms with Crippen LogP contribution in [0.1, 0.15) is 44.7 Å². The van der Waals surface area contributed by atoms with Crippen molar-refractivity contribution in [2.24, 2.45) is 10.9 Å². The Hall–Kier alpha value is -2.08. The van der Waals surface area contributed by atoms with E-state index in [-0.39, 0.29) is 17.9 Å². The Morgan fingerprint density at radius 3 is 2.62 bits per heavy atom. The number of rotatable bonds is 10. The summed E-state index contributed by atoms with van der Waals surface area (Å²) in [6.45, 7) is 9.39. The molecule has 2 rings (SSSR count). The maximum atomic E-state index is 11.6. The third-order valence-corrected chi connectivity index (χ3v) is 4.00. The number of carbonyl (C=O) groups is 1. The number of amides is 1. The maximum Gasteiger partial charge on any atom is 0.223 e. The molecule has 6 heteroatoms. The van der Waals surface area contributed by atoms with Crippen LogP contribution in [0.5, 0.6) is 0 Å². The van der Waals surface area contributed by atoms with Crippen molar-refractivity contribution in [1.82, 2.24) is 16.0 Å². The Bertz CT molecular complexity index is 597. The van der Waals surface area contributed by atoms with Gasteiger partial charge < -0.3 is 20.7 Å². The first kappa shape index (κ1) is 20.2. The average Bonchev–Trinajstić information content (AvgIpc) is 3.47. The maximum absolute atomic E-state index is 11.6. The number of guanidine groups is 1. The quantitative estimate of drug-likeness (QED) is 0.340. The molecule has 1 aliphatic carbocycles. The largest absolute Gasteiger partial charge is 0.374 e. The predicted molar refractivity (Wildman–Crippen MR) is 105 cm³/mol. The molecule has 0 heterocycles. The Balaban J connectivity index is 1.79.